The molecule has 0 saturated heterocycles. The molecule has 0 spiro atoms. The van der Waals surface area contributed by atoms with Crippen LogP contribution in [0, 0.1) is 0 Å². The van der Waals surface area contributed by atoms with Crippen molar-refractivity contribution >= 4 is 5.97 Å². The third-order valence-corrected chi connectivity index (χ3v) is 7.72. The predicted molar refractivity (Wildman–Crippen MR) is 169 cm³/mol. The number of rotatable bonds is 19. The first-order valence-electron chi connectivity index (χ1n) is 16.0. The lowest BCUT2D eigenvalue weighted by Crippen LogP contribution is -2.33. The van der Waals surface area contributed by atoms with E-state index < -0.39 is 18.2 Å². The maximum absolute atomic E-state index is 13.5. The van der Waals surface area contributed by atoms with Gasteiger partial charge in [-0.15, -0.1) is 0 Å². The van der Waals surface area contributed by atoms with Crippen LogP contribution in [0.2, 0.25) is 0 Å². The molecule has 0 fully saturated rings. The fourth-order valence-electron chi connectivity index (χ4n) is 5.17. The third-order valence-electron chi connectivity index (χ3n) is 7.72. The monoisotopic (exact) mass is 596 g/mol. The van der Waals surface area contributed by atoms with Crippen molar-refractivity contribution in [3.8, 4) is 28.0 Å². The average molecular weight is 597 g/mol. The zero-order valence-corrected chi connectivity index (χ0v) is 25.8. The molecule has 0 heterocycles. The Morgan fingerprint density at radius 2 is 1.14 bits per heavy atom. The number of hydrogen-bond acceptors (Lipinski definition) is 3. The van der Waals surface area contributed by atoms with E-state index in [0.717, 1.165) is 47.3 Å². The summed E-state index contributed by atoms with van der Waals surface area (Å²) in [7, 11) is 0. The summed E-state index contributed by atoms with van der Waals surface area (Å²) in [6, 6.07) is 22.5. The molecule has 234 valence electrons. The van der Waals surface area contributed by atoms with E-state index in [9.17, 15) is 18.0 Å². The number of carbonyl (C=O) groups is 1. The summed E-state index contributed by atoms with van der Waals surface area (Å²) in [5, 5.41) is 0. The van der Waals surface area contributed by atoms with Crippen molar-refractivity contribution in [3.63, 3.8) is 0 Å². The molecule has 3 nitrogen and oxygen atoms in total. The van der Waals surface area contributed by atoms with E-state index in [0.29, 0.717) is 19.4 Å². The predicted octanol–water partition coefficient (Wildman–Crippen LogP) is 11.6. The molecule has 0 aliphatic heterocycles. The molecule has 0 amide bonds. The molecule has 0 N–H and O–H groups in total. The largest absolute Gasteiger partial charge is 0.494 e. The number of ether oxygens (including phenoxy) is 2. The van der Waals surface area contributed by atoms with Gasteiger partial charge < -0.3 is 9.47 Å². The van der Waals surface area contributed by atoms with Gasteiger partial charge in [0.15, 0.2) is 6.10 Å². The molecular formula is C37H47F3O3. The van der Waals surface area contributed by atoms with Gasteiger partial charge in [-0.1, -0.05) is 127 Å². The van der Waals surface area contributed by atoms with Crippen LogP contribution in [0.3, 0.4) is 0 Å². The Labute approximate surface area is 255 Å². The summed E-state index contributed by atoms with van der Waals surface area (Å²) >= 11 is 0. The van der Waals surface area contributed by atoms with Crippen molar-refractivity contribution in [2.24, 2.45) is 0 Å². The van der Waals surface area contributed by atoms with Crippen LogP contribution in [0.15, 0.2) is 72.8 Å². The first-order valence-corrected chi connectivity index (χ1v) is 16.0. The van der Waals surface area contributed by atoms with Crippen LogP contribution in [-0.2, 0) is 4.74 Å². The van der Waals surface area contributed by atoms with Crippen molar-refractivity contribution in [2.45, 2.75) is 110 Å². The molecule has 43 heavy (non-hydrogen) atoms. The van der Waals surface area contributed by atoms with Crippen LogP contribution in [0.5, 0.6) is 5.75 Å². The highest BCUT2D eigenvalue weighted by atomic mass is 19.4. The minimum atomic E-state index is -4.59. The van der Waals surface area contributed by atoms with Gasteiger partial charge in [0.2, 0.25) is 0 Å². The molecule has 0 aliphatic carbocycles. The minimum absolute atomic E-state index is 0.0991. The lowest BCUT2D eigenvalue weighted by atomic mass is 9.94. The van der Waals surface area contributed by atoms with Crippen LogP contribution in [-0.4, -0.2) is 24.9 Å². The number of unbranched alkanes of at least 4 members (excludes halogenated alkanes) is 10. The third kappa shape index (κ3) is 11.7. The highest BCUT2D eigenvalue weighted by Crippen LogP contribution is 2.34. The molecule has 0 bridgehead atoms. The molecule has 0 aliphatic rings. The summed E-state index contributed by atoms with van der Waals surface area (Å²) in [4.78, 5) is 12.6. The lowest BCUT2D eigenvalue weighted by Gasteiger charge is -2.20. The normalized spacial score (nSPS) is 12.2. The second kappa shape index (κ2) is 18.4. The molecule has 0 saturated carbocycles. The molecule has 3 rings (SSSR count). The summed E-state index contributed by atoms with van der Waals surface area (Å²) in [6.07, 6.45) is 6.03. The van der Waals surface area contributed by atoms with E-state index in [1.165, 1.54) is 57.1 Å². The van der Waals surface area contributed by atoms with Crippen molar-refractivity contribution in [1.82, 2.24) is 0 Å². The summed E-state index contributed by atoms with van der Waals surface area (Å²) in [6.45, 7) is 4.94. The number of benzene rings is 3. The van der Waals surface area contributed by atoms with Crippen LogP contribution in [0.25, 0.3) is 22.3 Å². The first kappa shape index (κ1) is 34.2. The van der Waals surface area contributed by atoms with E-state index >= 15 is 0 Å². The van der Waals surface area contributed by atoms with Gasteiger partial charge in [0, 0.05) is 0 Å². The van der Waals surface area contributed by atoms with E-state index in [-0.39, 0.29) is 12.0 Å². The smallest absolute Gasteiger partial charge is 0.425 e. The van der Waals surface area contributed by atoms with Gasteiger partial charge >= 0.3 is 12.1 Å². The topological polar surface area (TPSA) is 35.5 Å². The maximum Gasteiger partial charge on any atom is 0.425 e. The molecule has 1 atom stereocenters. The number of alkyl halides is 3. The molecular weight excluding hydrogens is 549 g/mol. The molecule has 6 heteroatoms. The number of hydrogen-bond donors (Lipinski definition) is 0. The molecule has 3 aromatic rings. The Morgan fingerprint density at radius 1 is 0.651 bits per heavy atom. The first-order chi connectivity index (χ1) is 20.8. The quantitative estimate of drug-likeness (QED) is 0.102. The van der Waals surface area contributed by atoms with Crippen molar-refractivity contribution in [3.05, 3.63) is 78.4 Å². The zero-order chi connectivity index (χ0) is 30.9. The Hall–Kier alpha value is -3.28. The van der Waals surface area contributed by atoms with Crippen LogP contribution in [0.4, 0.5) is 13.2 Å². The minimum Gasteiger partial charge on any atom is -0.494 e. The zero-order valence-electron chi connectivity index (χ0n) is 25.8. The van der Waals surface area contributed by atoms with Gasteiger partial charge in [0.25, 0.3) is 0 Å². The van der Waals surface area contributed by atoms with Gasteiger partial charge in [-0.05, 0) is 65.8 Å². The van der Waals surface area contributed by atoms with Gasteiger partial charge in [0.1, 0.15) is 5.75 Å². The molecule has 1 unspecified atom stereocenters. The van der Waals surface area contributed by atoms with Crippen LogP contribution in [0.1, 0.15) is 108 Å². The lowest BCUT2D eigenvalue weighted by molar-refractivity contribution is -0.206. The second-order valence-electron chi connectivity index (χ2n) is 11.3. The maximum atomic E-state index is 13.5. The van der Waals surface area contributed by atoms with Crippen LogP contribution < -0.4 is 4.74 Å². The fourth-order valence-corrected chi connectivity index (χ4v) is 5.17. The van der Waals surface area contributed by atoms with Gasteiger partial charge in [-0.3, -0.25) is 0 Å². The van der Waals surface area contributed by atoms with Crippen molar-refractivity contribution in [2.75, 3.05) is 6.61 Å². The Bertz CT molecular complexity index is 1200. The fraction of sp³-hybridized carbons (Fsp3) is 0.486. The second-order valence-corrected chi connectivity index (χ2v) is 11.3. The summed E-state index contributed by atoms with van der Waals surface area (Å²) in [5.74, 6) is -0.116. The SMILES string of the molecule is CCCCCCCCCCOc1ccc(-c2ccccc2-c2ccc(C(=O)OC(CCCCCC)C(F)(F)F)cc2)cc1. The van der Waals surface area contributed by atoms with E-state index in [4.69, 9.17) is 9.47 Å². The van der Waals surface area contributed by atoms with Gasteiger partial charge in [0.05, 0.1) is 12.2 Å². The Balaban J connectivity index is 1.58. The highest BCUT2D eigenvalue weighted by Gasteiger charge is 2.42. The highest BCUT2D eigenvalue weighted by molar-refractivity contribution is 5.91. The van der Waals surface area contributed by atoms with Crippen LogP contribution >= 0.6 is 0 Å². The van der Waals surface area contributed by atoms with E-state index in [1.54, 1.807) is 12.1 Å². The van der Waals surface area contributed by atoms with Gasteiger partial charge in [-0.25, -0.2) is 4.79 Å². The number of esters is 1. The van der Waals surface area contributed by atoms with Crippen molar-refractivity contribution < 1.29 is 27.4 Å². The molecule has 3 aromatic carbocycles. The van der Waals surface area contributed by atoms with E-state index in [1.807, 2.05) is 55.5 Å². The Morgan fingerprint density at radius 3 is 1.67 bits per heavy atom. The average Bonchev–Trinajstić information content (AvgIpc) is 3.01. The summed E-state index contributed by atoms with van der Waals surface area (Å²) < 4.78 is 51.3. The van der Waals surface area contributed by atoms with Gasteiger partial charge in [-0.2, -0.15) is 13.2 Å². The number of halogens is 3. The Kier molecular flexibility index (Phi) is 14.6. The standard InChI is InChI=1S/C37H47F3O3/c1-3-5-7-9-10-11-12-16-28-42-32-26-24-30(25-27-32)34-18-15-14-17-33(34)29-20-22-31(23-21-29)36(41)43-35(37(38,39)40)19-13-8-6-4-2/h14-15,17-18,20-27,35H,3-13,16,19,28H2,1-2H3. The van der Waals surface area contributed by atoms with Crippen molar-refractivity contribution in [1.29, 1.82) is 0 Å². The molecule has 0 aromatic heterocycles. The molecule has 0 radical (unpaired) electrons. The van der Waals surface area contributed by atoms with E-state index in [2.05, 4.69) is 6.92 Å². The summed E-state index contributed by atoms with van der Waals surface area (Å²) in [5.41, 5.74) is 3.95. The number of carbonyl (C=O) groups excluding carboxylic acids is 1.